The Balaban J connectivity index is 0.00000280. The second-order valence-corrected chi connectivity index (χ2v) is 7.71. The van der Waals surface area contributed by atoms with Crippen molar-refractivity contribution in [3.8, 4) is 0 Å². The van der Waals surface area contributed by atoms with Crippen LogP contribution >= 0.6 is 24.0 Å². The third-order valence-electron chi connectivity index (χ3n) is 5.68. The monoisotopic (exact) mass is 499 g/mol. The van der Waals surface area contributed by atoms with Crippen LogP contribution in [0.2, 0.25) is 0 Å². The average Bonchev–Trinajstić information content (AvgIpc) is 3.35. The number of aryl methyl sites for hydroxylation is 1. The highest BCUT2D eigenvalue weighted by atomic mass is 127. The minimum Gasteiger partial charge on any atom is -0.357 e. The maximum atomic E-state index is 12.6. The number of halogens is 1. The SMILES string of the molecule is CCNC(=NCCc1ccncc1C)NC1CCN(C(=O)C2CCCC2)C1.I. The lowest BCUT2D eigenvalue weighted by molar-refractivity contribution is -0.134. The number of carbonyl (C=O) groups excluding carboxylic acids is 1. The summed E-state index contributed by atoms with van der Waals surface area (Å²) in [7, 11) is 0. The van der Waals surface area contributed by atoms with Crippen LogP contribution in [0.15, 0.2) is 23.5 Å². The van der Waals surface area contributed by atoms with Crippen molar-refractivity contribution in [1.29, 1.82) is 0 Å². The zero-order chi connectivity index (χ0) is 19.1. The van der Waals surface area contributed by atoms with Crippen LogP contribution in [0.3, 0.4) is 0 Å². The molecule has 6 nitrogen and oxygen atoms in total. The van der Waals surface area contributed by atoms with Crippen molar-refractivity contribution in [2.24, 2.45) is 10.9 Å². The van der Waals surface area contributed by atoms with E-state index in [0.717, 1.165) is 57.8 Å². The fourth-order valence-electron chi connectivity index (χ4n) is 4.09. The molecule has 2 heterocycles. The number of nitrogens with one attached hydrogen (secondary N) is 2. The molecule has 1 saturated heterocycles. The van der Waals surface area contributed by atoms with Gasteiger partial charge in [0.15, 0.2) is 5.96 Å². The minimum atomic E-state index is 0. The molecule has 1 amide bonds. The van der Waals surface area contributed by atoms with E-state index in [9.17, 15) is 4.79 Å². The van der Waals surface area contributed by atoms with E-state index in [2.05, 4.69) is 40.4 Å². The van der Waals surface area contributed by atoms with Crippen molar-refractivity contribution in [1.82, 2.24) is 20.5 Å². The van der Waals surface area contributed by atoms with E-state index in [-0.39, 0.29) is 35.9 Å². The van der Waals surface area contributed by atoms with Gasteiger partial charge in [-0.2, -0.15) is 0 Å². The number of nitrogens with zero attached hydrogens (tertiary/aromatic N) is 3. The van der Waals surface area contributed by atoms with Gasteiger partial charge in [-0.25, -0.2) is 0 Å². The number of guanidine groups is 1. The standard InChI is InChI=1S/C21H33N5O.HI/c1-3-23-21(24-12-9-17-8-11-22-14-16(17)2)25-19-10-13-26(15-19)20(27)18-6-4-5-7-18;/h8,11,14,18-19H,3-7,9-10,12-13,15H2,1-2H3,(H2,23,24,25);1H. The normalized spacial score (nSPS) is 20.1. The predicted octanol–water partition coefficient (Wildman–Crippen LogP) is 2.90. The predicted molar refractivity (Wildman–Crippen MR) is 124 cm³/mol. The first-order chi connectivity index (χ1) is 13.2. The molecule has 1 aromatic rings. The van der Waals surface area contributed by atoms with Gasteiger partial charge < -0.3 is 15.5 Å². The number of aliphatic imine (C=N–C) groups is 1. The molecule has 0 bridgehead atoms. The summed E-state index contributed by atoms with van der Waals surface area (Å²) in [6.45, 7) is 7.39. The Labute approximate surface area is 186 Å². The summed E-state index contributed by atoms with van der Waals surface area (Å²) in [5, 5.41) is 6.86. The molecule has 3 rings (SSSR count). The summed E-state index contributed by atoms with van der Waals surface area (Å²) in [6, 6.07) is 2.35. The molecule has 2 fully saturated rings. The molecule has 0 radical (unpaired) electrons. The summed E-state index contributed by atoms with van der Waals surface area (Å²) in [4.78, 5) is 23.5. The Morgan fingerprint density at radius 2 is 2.11 bits per heavy atom. The van der Waals surface area contributed by atoms with Crippen LogP contribution in [0.25, 0.3) is 0 Å². The van der Waals surface area contributed by atoms with Crippen LogP contribution in [0, 0.1) is 12.8 Å². The zero-order valence-electron chi connectivity index (χ0n) is 17.1. The Morgan fingerprint density at radius 1 is 1.32 bits per heavy atom. The van der Waals surface area contributed by atoms with Gasteiger partial charge in [0, 0.05) is 50.5 Å². The molecule has 1 aliphatic heterocycles. The van der Waals surface area contributed by atoms with Gasteiger partial charge in [-0.15, -0.1) is 24.0 Å². The van der Waals surface area contributed by atoms with Crippen molar-refractivity contribution in [3.05, 3.63) is 29.6 Å². The summed E-state index contributed by atoms with van der Waals surface area (Å²) in [5.74, 6) is 1.49. The molecule has 1 atom stereocenters. The van der Waals surface area contributed by atoms with Crippen molar-refractivity contribution in [2.75, 3.05) is 26.2 Å². The summed E-state index contributed by atoms with van der Waals surface area (Å²) >= 11 is 0. The smallest absolute Gasteiger partial charge is 0.225 e. The van der Waals surface area contributed by atoms with Crippen molar-refractivity contribution < 1.29 is 4.79 Å². The number of aromatic nitrogens is 1. The van der Waals surface area contributed by atoms with Crippen LogP contribution < -0.4 is 10.6 Å². The minimum absolute atomic E-state index is 0. The van der Waals surface area contributed by atoms with Crippen molar-refractivity contribution in [3.63, 3.8) is 0 Å². The van der Waals surface area contributed by atoms with Gasteiger partial charge in [0.2, 0.25) is 5.91 Å². The Hall–Kier alpha value is -1.38. The molecule has 1 aliphatic carbocycles. The van der Waals surface area contributed by atoms with E-state index in [1.807, 2.05) is 12.4 Å². The lowest BCUT2D eigenvalue weighted by Gasteiger charge is -2.21. The van der Waals surface area contributed by atoms with Gasteiger partial charge >= 0.3 is 0 Å². The molecule has 28 heavy (non-hydrogen) atoms. The molecule has 0 spiro atoms. The van der Waals surface area contributed by atoms with E-state index < -0.39 is 0 Å². The fourth-order valence-corrected chi connectivity index (χ4v) is 4.09. The summed E-state index contributed by atoms with van der Waals surface area (Å²) in [6.07, 6.45) is 10.2. The first-order valence-electron chi connectivity index (χ1n) is 10.4. The second kappa shape index (κ2) is 11.6. The lowest BCUT2D eigenvalue weighted by atomic mass is 10.1. The molecule has 1 aromatic heterocycles. The number of hydrogen-bond acceptors (Lipinski definition) is 3. The van der Waals surface area contributed by atoms with Crippen LogP contribution in [0.5, 0.6) is 0 Å². The largest absolute Gasteiger partial charge is 0.357 e. The van der Waals surface area contributed by atoms with Crippen molar-refractivity contribution in [2.45, 2.75) is 58.4 Å². The van der Waals surface area contributed by atoms with E-state index in [1.165, 1.54) is 24.0 Å². The number of pyridine rings is 1. The van der Waals surface area contributed by atoms with Crippen LogP contribution in [-0.4, -0.2) is 54.0 Å². The van der Waals surface area contributed by atoms with Gasteiger partial charge in [0.1, 0.15) is 0 Å². The summed E-state index contributed by atoms with van der Waals surface area (Å²) < 4.78 is 0. The number of carbonyl (C=O) groups is 1. The summed E-state index contributed by atoms with van der Waals surface area (Å²) in [5.41, 5.74) is 2.50. The number of hydrogen-bond donors (Lipinski definition) is 2. The van der Waals surface area contributed by atoms with Gasteiger partial charge in [-0.1, -0.05) is 12.8 Å². The first kappa shape index (κ1) is 22.9. The van der Waals surface area contributed by atoms with E-state index in [4.69, 9.17) is 4.99 Å². The molecule has 7 heteroatoms. The third kappa shape index (κ3) is 6.32. The molecule has 2 N–H and O–H groups in total. The van der Waals surface area contributed by atoms with Crippen LogP contribution in [-0.2, 0) is 11.2 Å². The molecule has 0 aromatic carbocycles. The quantitative estimate of drug-likeness (QED) is 0.359. The lowest BCUT2D eigenvalue weighted by Crippen LogP contribution is -2.45. The number of amides is 1. The van der Waals surface area contributed by atoms with Gasteiger partial charge in [0.25, 0.3) is 0 Å². The van der Waals surface area contributed by atoms with Gasteiger partial charge in [0.05, 0.1) is 0 Å². The van der Waals surface area contributed by atoms with Gasteiger partial charge in [-0.05, 0) is 56.7 Å². The van der Waals surface area contributed by atoms with E-state index >= 15 is 0 Å². The highest BCUT2D eigenvalue weighted by Gasteiger charge is 2.32. The zero-order valence-corrected chi connectivity index (χ0v) is 19.4. The second-order valence-electron chi connectivity index (χ2n) is 7.71. The van der Waals surface area contributed by atoms with Crippen molar-refractivity contribution >= 4 is 35.8 Å². The topological polar surface area (TPSA) is 69.6 Å². The van der Waals surface area contributed by atoms with E-state index in [0.29, 0.717) is 5.91 Å². The molecule has 156 valence electrons. The van der Waals surface area contributed by atoms with Crippen LogP contribution in [0.1, 0.15) is 50.2 Å². The number of likely N-dealkylation sites (tertiary alicyclic amines) is 1. The Morgan fingerprint density at radius 3 is 2.82 bits per heavy atom. The first-order valence-corrected chi connectivity index (χ1v) is 10.4. The molecular formula is C21H34IN5O. The average molecular weight is 499 g/mol. The highest BCUT2D eigenvalue weighted by molar-refractivity contribution is 14.0. The third-order valence-corrected chi connectivity index (χ3v) is 5.68. The van der Waals surface area contributed by atoms with Gasteiger partial charge in [-0.3, -0.25) is 14.8 Å². The molecule has 1 saturated carbocycles. The molecule has 2 aliphatic rings. The fraction of sp³-hybridized carbons (Fsp3) is 0.667. The molecular weight excluding hydrogens is 465 g/mol. The number of rotatable bonds is 6. The highest BCUT2D eigenvalue weighted by Crippen LogP contribution is 2.27. The molecule has 1 unspecified atom stereocenters. The Bertz CT molecular complexity index is 660. The Kier molecular flexibility index (Phi) is 9.47. The van der Waals surface area contributed by atoms with Crippen LogP contribution in [0.4, 0.5) is 0 Å². The van der Waals surface area contributed by atoms with E-state index in [1.54, 1.807) is 0 Å². The maximum Gasteiger partial charge on any atom is 0.225 e. The maximum absolute atomic E-state index is 12.6.